The number of aromatic nitrogens is 1. The maximum absolute atomic E-state index is 12.0. The van der Waals surface area contributed by atoms with Crippen LogP contribution < -0.4 is 5.32 Å². The molecule has 6 nitrogen and oxygen atoms in total. The number of nitrogens with one attached hydrogen (secondary N) is 1. The molecule has 2 aromatic rings. The molecule has 0 aliphatic heterocycles. The molecule has 2 rings (SSSR count). The topological polar surface area (TPSA) is 92.4 Å². The minimum atomic E-state index is -0.998. The summed E-state index contributed by atoms with van der Waals surface area (Å²) < 4.78 is 5.22. The first kappa shape index (κ1) is 13.8. The Kier molecular flexibility index (Phi) is 3.56. The van der Waals surface area contributed by atoms with Gasteiger partial charge in [-0.3, -0.25) is 4.79 Å². The van der Waals surface area contributed by atoms with Crippen LogP contribution in [-0.2, 0) is 0 Å². The van der Waals surface area contributed by atoms with E-state index in [1.807, 2.05) is 0 Å². The molecule has 0 saturated carbocycles. The van der Waals surface area contributed by atoms with Crippen molar-refractivity contribution >= 4 is 17.6 Å². The van der Waals surface area contributed by atoms with Crippen LogP contribution in [0.1, 0.15) is 38.1 Å². The molecule has 1 heterocycles. The van der Waals surface area contributed by atoms with E-state index >= 15 is 0 Å². The lowest BCUT2D eigenvalue weighted by Gasteiger charge is -2.06. The lowest BCUT2D eigenvalue weighted by atomic mass is 10.1. The highest BCUT2D eigenvalue weighted by molar-refractivity contribution is 6.03. The Morgan fingerprint density at radius 2 is 1.95 bits per heavy atom. The van der Waals surface area contributed by atoms with Gasteiger partial charge in [-0.2, -0.15) is 0 Å². The van der Waals surface area contributed by atoms with E-state index in [4.69, 9.17) is 9.52 Å². The number of amides is 1. The highest BCUT2D eigenvalue weighted by Gasteiger charge is 2.16. The molecule has 0 saturated heterocycles. The Bertz CT molecular complexity index is 688. The van der Waals surface area contributed by atoms with E-state index in [0.29, 0.717) is 22.8 Å². The van der Waals surface area contributed by atoms with Crippen molar-refractivity contribution in [1.29, 1.82) is 0 Å². The van der Waals surface area contributed by atoms with Gasteiger partial charge in [0.1, 0.15) is 0 Å². The predicted octanol–water partition coefficient (Wildman–Crippen LogP) is 2.55. The molecule has 6 heteroatoms. The van der Waals surface area contributed by atoms with Crippen molar-refractivity contribution in [3.05, 3.63) is 46.7 Å². The van der Waals surface area contributed by atoms with Gasteiger partial charge in [-0.15, -0.1) is 0 Å². The fraction of sp³-hybridized carbons (Fsp3) is 0.214. The Labute approximate surface area is 115 Å². The van der Waals surface area contributed by atoms with E-state index in [1.54, 1.807) is 26.8 Å². The molecule has 2 N–H and O–H groups in total. The van der Waals surface area contributed by atoms with E-state index < -0.39 is 11.9 Å². The van der Waals surface area contributed by atoms with E-state index in [1.165, 1.54) is 12.1 Å². The van der Waals surface area contributed by atoms with Crippen molar-refractivity contribution in [2.45, 2.75) is 20.8 Å². The summed E-state index contributed by atoms with van der Waals surface area (Å²) in [4.78, 5) is 27.0. The Balaban J connectivity index is 2.22. The Hall–Kier alpha value is -2.63. The van der Waals surface area contributed by atoms with Crippen LogP contribution in [0, 0.1) is 20.8 Å². The smallest absolute Gasteiger partial charge is 0.335 e. The van der Waals surface area contributed by atoms with Gasteiger partial charge in [-0.1, -0.05) is 0 Å². The van der Waals surface area contributed by atoms with Gasteiger partial charge in [0, 0.05) is 12.6 Å². The molecule has 0 radical (unpaired) electrons. The standard InChI is InChI=1S/C14H14N2O4/c1-7-6-10(4-5-11(7)14(18)19)16-13(17)12-8(2)15-9(3)20-12/h4-6H,1-3H3,(H,16,17)(H,18,19). The zero-order chi connectivity index (χ0) is 14.9. The summed E-state index contributed by atoms with van der Waals surface area (Å²) in [5.74, 6) is -0.833. The normalized spacial score (nSPS) is 10.3. The lowest BCUT2D eigenvalue weighted by molar-refractivity contribution is 0.0696. The highest BCUT2D eigenvalue weighted by Crippen LogP contribution is 2.17. The van der Waals surface area contributed by atoms with Crippen LogP contribution >= 0.6 is 0 Å². The number of aryl methyl sites for hydroxylation is 3. The lowest BCUT2D eigenvalue weighted by Crippen LogP contribution is -2.13. The summed E-state index contributed by atoms with van der Waals surface area (Å²) in [5, 5.41) is 11.6. The summed E-state index contributed by atoms with van der Waals surface area (Å²) in [6, 6.07) is 4.58. The van der Waals surface area contributed by atoms with Crippen LogP contribution in [0.4, 0.5) is 5.69 Å². The number of anilines is 1. The van der Waals surface area contributed by atoms with Gasteiger partial charge >= 0.3 is 5.97 Å². The number of nitrogens with zero attached hydrogens (tertiary/aromatic N) is 1. The highest BCUT2D eigenvalue weighted by atomic mass is 16.4. The second-order valence-corrected chi connectivity index (χ2v) is 4.44. The van der Waals surface area contributed by atoms with Crippen LogP contribution in [0.15, 0.2) is 22.6 Å². The SMILES string of the molecule is Cc1nc(C)c(C(=O)Nc2ccc(C(=O)O)c(C)c2)o1. The van der Waals surface area contributed by atoms with Gasteiger partial charge in [0.15, 0.2) is 5.89 Å². The van der Waals surface area contributed by atoms with Crippen LogP contribution in [0.2, 0.25) is 0 Å². The number of carbonyl (C=O) groups is 2. The van der Waals surface area contributed by atoms with Crippen molar-refractivity contribution in [2.24, 2.45) is 0 Å². The largest absolute Gasteiger partial charge is 0.478 e. The van der Waals surface area contributed by atoms with Crippen molar-refractivity contribution in [1.82, 2.24) is 4.98 Å². The molecule has 0 spiro atoms. The number of hydrogen-bond acceptors (Lipinski definition) is 4. The Morgan fingerprint density at radius 1 is 1.25 bits per heavy atom. The first-order chi connectivity index (χ1) is 9.38. The van der Waals surface area contributed by atoms with Gasteiger partial charge in [0.05, 0.1) is 11.3 Å². The fourth-order valence-corrected chi connectivity index (χ4v) is 1.91. The molecular formula is C14H14N2O4. The molecule has 0 atom stereocenters. The average molecular weight is 274 g/mol. The molecule has 104 valence electrons. The van der Waals surface area contributed by atoms with Crippen molar-refractivity contribution in [3.8, 4) is 0 Å². The summed E-state index contributed by atoms with van der Waals surface area (Å²) in [6.45, 7) is 5.02. The van der Waals surface area contributed by atoms with Gasteiger partial charge in [-0.05, 0) is 37.6 Å². The number of aromatic carboxylic acids is 1. The third kappa shape index (κ3) is 2.69. The zero-order valence-corrected chi connectivity index (χ0v) is 11.4. The van der Waals surface area contributed by atoms with E-state index in [9.17, 15) is 9.59 Å². The molecule has 1 amide bonds. The summed E-state index contributed by atoms with van der Waals surface area (Å²) in [7, 11) is 0. The van der Waals surface area contributed by atoms with Gasteiger partial charge in [0.2, 0.25) is 5.76 Å². The van der Waals surface area contributed by atoms with E-state index in [2.05, 4.69) is 10.3 Å². The molecule has 0 aliphatic carbocycles. The maximum atomic E-state index is 12.0. The molecule has 0 aliphatic rings. The maximum Gasteiger partial charge on any atom is 0.335 e. The molecule has 0 fully saturated rings. The Morgan fingerprint density at radius 3 is 2.45 bits per heavy atom. The van der Waals surface area contributed by atoms with Gasteiger partial charge in [-0.25, -0.2) is 9.78 Å². The first-order valence-corrected chi connectivity index (χ1v) is 5.98. The number of rotatable bonds is 3. The zero-order valence-electron chi connectivity index (χ0n) is 11.4. The molecule has 0 unspecified atom stereocenters. The van der Waals surface area contributed by atoms with Crippen LogP contribution in [-0.4, -0.2) is 22.0 Å². The number of benzene rings is 1. The van der Waals surface area contributed by atoms with Crippen LogP contribution in [0.25, 0.3) is 0 Å². The first-order valence-electron chi connectivity index (χ1n) is 5.98. The van der Waals surface area contributed by atoms with E-state index in [-0.39, 0.29) is 11.3 Å². The van der Waals surface area contributed by atoms with Crippen molar-refractivity contribution in [2.75, 3.05) is 5.32 Å². The van der Waals surface area contributed by atoms with Crippen molar-refractivity contribution < 1.29 is 19.1 Å². The minimum absolute atomic E-state index is 0.155. The quantitative estimate of drug-likeness (QED) is 0.897. The second kappa shape index (κ2) is 5.16. The predicted molar refractivity (Wildman–Crippen MR) is 72.1 cm³/mol. The number of oxazole rings is 1. The van der Waals surface area contributed by atoms with Crippen LogP contribution in [0.3, 0.4) is 0 Å². The number of carboxylic acid groups (broad SMARTS) is 1. The summed E-state index contributed by atoms with van der Waals surface area (Å²) >= 11 is 0. The third-order valence-corrected chi connectivity index (χ3v) is 2.82. The van der Waals surface area contributed by atoms with Gasteiger partial charge < -0.3 is 14.8 Å². The van der Waals surface area contributed by atoms with E-state index in [0.717, 1.165) is 0 Å². The molecule has 1 aromatic heterocycles. The number of carboxylic acids is 1. The molecule has 20 heavy (non-hydrogen) atoms. The second-order valence-electron chi connectivity index (χ2n) is 4.44. The molecular weight excluding hydrogens is 260 g/mol. The molecule has 1 aromatic carbocycles. The average Bonchev–Trinajstić information content (AvgIpc) is 2.68. The summed E-state index contributed by atoms with van der Waals surface area (Å²) in [5.41, 5.74) is 1.79. The summed E-state index contributed by atoms with van der Waals surface area (Å²) in [6.07, 6.45) is 0. The molecule has 0 bridgehead atoms. The fourth-order valence-electron chi connectivity index (χ4n) is 1.91. The number of carbonyl (C=O) groups excluding carboxylic acids is 1. The van der Waals surface area contributed by atoms with Crippen LogP contribution in [0.5, 0.6) is 0 Å². The number of hydrogen-bond donors (Lipinski definition) is 2. The third-order valence-electron chi connectivity index (χ3n) is 2.82. The minimum Gasteiger partial charge on any atom is -0.478 e. The monoisotopic (exact) mass is 274 g/mol. The van der Waals surface area contributed by atoms with Crippen molar-refractivity contribution in [3.63, 3.8) is 0 Å². The van der Waals surface area contributed by atoms with Gasteiger partial charge in [0.25, 0.3) is 5.91 Å².